The molecule has 1 aliphatic carbocycles. The van der Waals surface area contributed by atoms with Crippen LogP contribution in [0.4, 0.5) is 5.69 Å². The molecule has 208 valence electrons. The van der Waals surface area contributed by atoms with Gasteiger partial charge < -0.3 is 19.5 Å². The maximum absolute atomic E-state index is 13.2. The summed E-state index contributed by atoms with van der Waals surface area (Å²) in [7, 11) is -1.61. The maximum atomic E-state index is 13.2. The van der Waals surface area contributed by atoms with Crippen LogP contribution < -0.4 is 19.5 Å². The predicted molar refractivity (Wildman–Crippen MR) is 146 cm³/mol. The third-order valence-electron chi connectivity index (χ3n) is 6.64. The standard InChI is InChI=1S/C25H29Cl3N2O7S/c1-13-6-5-7-19(14(13)2)29-24(31)12-37-25(32)15-8-23(18(28)9-16(15)26)38(33,34)30-20-10-17(27)21(35-3)11-22(20)36-4/h8-11,13-14,19,30H,5-7,12H2,1-4H3,(H,29,31). The molecule has 13 heteroatoms. The van der Waals surface area contributed by atoms with Gasteiger partial charge in [-0.25, -0.2) is 13.2 Å². The van der Waals surface area contributed by atoms with Crippen LogP contribution in [0.25, 0.3) is 0 Å². The molecule has 1 fully saturated rings. The minimum Gasteiger partial charge on any atom is -0.495 e. The summed E-state index contributed by atoms with van der Waals surface area (Å²) in [6, 6.07) is 4.80. The van der Waals surface area contributed by atoms with Gasteiger partial charge in [0, 0.05) is 12.1 Å². The number of anilines is 1. The Balaban J connectivity index is 1.77. The van der Waals surface area contributed by atoms with Crippen molar-refractivity contribution in [3.05, 3.63) is 44.9 Å². The fourth-order valence-corrected chi connectivity index (χ4v) is 6.43. The Labute approximate surface area is 237 Å². The highest BCUT2D eigenvalue weighted by Crippen LogP contribution is 2.38. The van der Waals surface area contributed by atoms with Crippen LogP contribution in [0.1, 0.15) is 43.5 Å². The summed E-state index contributed by atoms with van der Waals surface area (Å²) in [4.78, 5) is 24.7. The van der Waals surface area contributed by atoms with Gasteiger partial charge in [-0.3, -0.25) is 9.52 Å². The topological polar surface area (TPSA) is 120 Å². The van der Waals surface area contributed by atoms with E-state index in [1.807, 2.05) is 0 Å². The third kappa shape index (κ3) is 6.97. The van der Waals surface area contributed by atoms with Crippen LogP contribution in [0.3, 0.4) is 0 Å². The van der Waals surface area contributed by atoms with E-state index in [0.29, 0.717) is 11.8 Å². The monoisotopic (exact) mass is 606 g/mol. The predicted octanol–water partition coefficient (Wildman–Crippen LogP) is 5.56. The molecule has 0 aromatic heterocycles. The van der Waals surface area contributed by atoms with Crippen molar-refractivity contribution in [2.45, 2.75) is 44.0 Å². The molecule has 2 aromatic rings. The van der Waals surface area contributed by atoms with Crippen molar-refractivity contribution in [3.63, 3.8) is 0 Å². The number of amides is 1. The molecule has 1 saturated carbocycles. The minimum atomic E-state index is -4.35. The minimum absolute atomic E-state index is 0.00431. The van der Waals surface area contributed by atoms with E-state index in [9.17, 15) is 18.0 Å². The number of benzene rings is 2. The molecule has 2 aromatic carbocycles. The molecular formula is C25H29Cl3N2O7S. The Morgan fingerprint density at radius 1 is 0.947 bits per heavy atom. The van der Waals surface area contributed by atoms with Crippen molar-refractivity contribution in [1.82, 2.24) is 5.32 Å². The molecular weight excluding hydrogens is 579 g/mol. The van der Waals surface area contributed by atoms with Gasteiger partial charge in [0.05, 0.1) is 40.5 Å². The molecule has 3 rings (SSSR count). The number of sulfonamides is 1. The molecule has 0 spiro atoms. The maximum Gasteiger partial charge on any atom is 0.340 e. The zero-order chi connectivity index (χ0) is 28.2. The van der Waals surface area contributed by atoms with E-state index in [1.165, 1.54) is 26.4 Å². The largest absolute Gasteiger partial charge is 0.495 e. The summed E-state index contributed by atoms with van der Waals surface area (Å²) in [5.41, 5.74) is -0.264. The average molecular weight is 608 g/mol. The summed E-state index contributed by atoms with van der Waals surface area (Å²) in [6.45, 7) is 3.68. The van der Waals surface area contributed by atoms with Crippen LogP contribution in [0.15, 0.2) is 29.2 Å². The molecule has 9 nitrogen and oxygen atoms in total. The lowest BCUT2D eigenvalue weighted by Crippen LogP contribution is -2.45. The fourth-order valence-electron chi connectivity index (χ4n) is 4.27. The first-order valence-electron chi connectivity index (χ1n) is 11.8. The van der Waals surface area contributed by atoms with Gasteiger partial charge in [0.2, 0.25) is 0 Å². The SMILES string of the molecule is COc1cc(OC)c(NS(=O)(=O)c2cc(C(=O)OCC(=O)NC3CCCC(C)C3C)c(Cl)cc2Cl)cc1Cl. The molecule has 0 heterocycles. The fraction of sp³-hybridized carbons (Fsp3) is 0.440. The van der Waals surface area contributed by atoms with Crippen LogP contribution in [0.5, 0.6) is 11.5 Å². The summed E-state index contributed by atoms with van der Waals surface area (Å²) < 4.78 is 44.2. The third-order valence-corrected chi connectivity index (χ3v) is 9.08. The van der Waals surface area contributed by atoms with Gasteiger partial charge in [0.25, 0.3) is 15.9 Å². The van der Waals surface area contributed by atoms with Crippen LogP contribution in [-0.4, -0.2) is 47.2 Å². The van der Waals surface area contributed by atoms with E-state index in [-0.39, 0.29) is 43.9 Å². The first-order chi connectivity index (χ1) is 17.9. The average Bonchev–Trinajstić information content (AvgIpc) is 2.85. The van der Waals surface area contributed by atoms with Crippen molar-refractivity contribution in [3.8, 4) is 11.5 Å². The van der Waals surface area contributed by atoms with Crippen LogP contribution in [-0.2, 0) is 19.6 Å². The zero-order valence-electron chi connectivity index (χ0n) is 21.3. The molecule has 3 atom stereocenters. The van der Waals surface area contributed by atoms with Crippen LogP contribution >= 0.6 is 34.8 Å². The van der Waals surface area contributed by atoms with Gasteiger partial charge in [-0.05, 0) is 36.5 Å². The van der Waals surface area contributed by atoms with E-state index >= 15 is 0 Å². The Hall–Kier alpha value is -2.40. The number of esters is 1. The second-order valence-electron chi connectivity index (χ2n) is 9.07. The molecule has 0 aliphatic heterocycles. The van der Waals surface area contributed by atoms with E-state index < -0.39 is 33.4 Å². The van der Waals surface area contributed by atoms with Crippen molar-refractivity contribution in [2.75, 3.05) is 25.5 Å². The Morgan fingerprint density at radius 3 is 2.29 bits per heavy atom. The summed E-state index contributed by atoms with van der Waals surface area (Å²) >= 11 is 18.5. The van der Waals surface area contributed by atoms with Gasteiger partial charge in [-0.15, -0.1) is 0 Å². The Kier molecular flexibility index (Phi) is 10.0. The number of carbonyl (C=O) groups is 2. The second-order valence-corrected chi connectivity index (χ2v) is 11.9. The van der Waals surface area contributed by atoms with E-state index in [4.69, 9.17) is 49.0 Å². The van der Waals surface area contributed by atoms with Gasteiger partial charge in [0.15, 0.2) is 6.61 Å². The smallest absolute Gasteiger partial charge is 0.340 e. The quantitative estimate of drug-likeness (QED) is 0.358. The first kappa shape index (κ1) is 30.1. The number of carbonyl (C=O) groups excluding carboxylic acids is 2. The van der Waals surface area contributed by atoms with E-state index in [0.717, 1.165) is 31.4 Å². The lowest BCUT2D eigenvalue weighted by Gasteiger charge is -2.34. The molecule has 0 radical (unpaired) electrons. The highest BCUT2D eigenvalue weighted by Gasteiger charge is 2.29. The molecule has 0 bridgehead atoms. The number of rotatable bonds is 9. The van der Waals surface area contributed by atoms with Gasteiger partial charge in [-0.1, -0.05) is 61.5 Å². The first-order valence-corrected chi connectivity index (χ1v) is 14.4. The summed E-state index contributed by atoms with van der Waals surface area (Å²) in [5, 5.41) is 2.66. The van der Waals surface area contributed by atoms with E-state index in [1.54, 1.807) is 0 Å². The van der Waals surface area contributed by atoms with Gasteiger partial charge in [0.1, 0.15) is 16.4 Å². The molecule has 2 N–H and O–H groups in total. The summed E-state index contributed by atoms with van der Waals surface area (Å²) in [5.74, 6) is -0.244. The molecule has 38 heavy (non-hydrogen) atoms. The normalized spacial score (nSPS) is 19.4. The zero-order valence-corrected chi connectivity index (χ0v) is 24.4. The summed E-state index contributed by atoms with van der Waals surface area (Å²) in [6.07, 6.45) is 2.97. The van der Waals surface area contributed by atoms with E-state index in [2.05, 4.69) is 23.9 Å². The van der Waals surface area contributed by atoms with Crippen molar-refractivity contribution in [1.29, 1.82) is 0 Å². The van der Waals surface area contributed by atoms with Gasteiger partial charge >= 0.3 is 5.97 Å². The number of hydrogen-bond donors (Lipinski definition) is 2. The molecule has 3 unspecified atom stereocenters. The van der Waals surface area contributed by atoms with Crippen molar-refractivity contribution < 1.29 is 32.2 Å². The number of halogens is 3. The Morgan fingerprint density at radius 2 is 1.63 bits per heavy atom. The highest BCUT2D eigenvalue weighted by atomic mass is 35.5. The molecule has 1 aliphatic rings. The Bertz CT molecular complexity index is 1320. The molecule has 0 saturated heterocycles. The number of nitrogens with one attached hydrogen (secondary N) is 2. The number of ether oxygens (including phenoxy) is 3. The number of methoxy groups -OCH3 is 2. The van der Waals surface area contributed by atoms with Crippen molar-refractivity contribution in [2.24, 2.45) is 11.8 Å². The number of hydrogen-bond acceptors (Lipinski definition) is 7. The van der Waals surface area contributed by atoms with Gasteiger partial charge in [-0.2, -0.15) is 0 Å². The second kappa shape index (κ2) is 12.6. The molecule has 1 amide bonds. The highest BCUT2D eigenvalue weighted by molar-refractivity contribution is 7.92. The van der Waals surface area contributed by atoms with Crippen LogP contribution in [0, 0.1) is 11.8 Å². The van der Waals surface area contributed by atoms with Crippen molar-refractivity contribution >= 4 is 62.4 Å². The lowest BCUT2D eigenvalue weighted by atomic mass is 9.78. The van der Waals surface area contributed by atoms with Crippen LogP contribution in [0.2, 0.25) is 15.1 Å². The lowest BCUT2D eigenvalue weighted by molar-refractivity contribution is -0.125.